The Labute approximate surface area is 153 Å². The number of carbonyl (C=O) groups excluding carboxylic acids is 2. The monoisotopic (exact) mass is 400 g/mol. The summed E-state index contributed by atoms with van der Waals surface area (Å²) >= 11 is 0. The highest BCUT2D eigenvalue weighted by Crippen LogP contribution is 2.31. The molecule has 0 saturated heterocycles. The molecule has 29 heavy (non-hydrogen) atoms. The van der Waals surface area contributed by atoms with Gasteiger partial charge in [0.2, 0.25) is 0 Å². The summed E-state index contributed by atoms with van der Waals surface area (Å²) in [6, 6.07) is 1.04. The average Bonchev–Trinajstić information content (AvgIpc) is 3.41. The summed E-state index contributed by atoms with van der Waals surface area (Å²) in [4.78, 5) is 35.3. The van der Waals surface area contributed by atoms with Crippen molar-refractivity contribution >= 4 is 39.3 Å². The smallest absolute Gasteiger partial charge is 0.324 e. The zero-order chi connectivity index (χ0) is 20.2. The number of nitrogens with one attached hydrogen (secondary N) is 1. The van der Waals surface area contributed by atoms with Crippen molar-refractivity contribution in [3.05, 3.63) is 38.0 Å². The van der Waals surface area contributed by atoms with Gasteiger partial charge in [-0.3, -0.25) is 24.3 Å². The first-order chi connectivity index (χ1) is 13.9. The molecule has 0 fully saturated rings. The lowest BCUT2D eigenvalue weighted by Gasteiger charge is -1.96. The summed E-state index contributed by atoms with van der Waals surface area (Å²) in [5.41, 5.74) is -2.82. The van der Waals surface area contributed by atoms with E-state index in [9.17, 15) is 30.1 Å². The minimum Gasteiger partial charge on any atom is -0.359 e. The Bertz CT molecular complexity index is 1600. The number of carbonyl (C=O) groups is 2. The molecule has 1 N–H and O–H groups in total. The van der Waals surface area contributed by atoms with E-state index in [1.54, 1.807) is 0 Å². The average molecular weight is 400 g/mol. The molecule has 17 nitrogen and oxygen atoms in total. The van der Waals surface area contributed by atoms with Gasteiger partial charge in [0.25, 0.3) is 34.0 Å². The molecular weight excluding hydrogens is 398 g/mol. The van der Waals surface area contributed by atoms with Crippen LogP contribution in [0.5, 0.6) is 0 Å². The first-order valence-corrected chi connectivity index (χ1v) is 7.61. The van der Waals surface area contributed by atoms with Crippen LogP contribution in [-0.2, 0) is 0 Å². The lowest BCUT2D eigenvalue weighted by molar-refractivity contribution is -0.793. The number of rotatable bonds is 1. The van der Waals surface area contributed by atoms with Gasteiger partial charge in [-0.15, -0.1) is 0 Å². The maximum atomic E-state index is 12.5. The van der Waals surface area contributed by atoms with Crippen LogP contribution in [0, 0.1) is 20.5 Å². The number of ketones is 2. The summed E-state index contributed by atoms with van der Waals surface area (Å²) in [7, 11) is 0. The molecular formula is C12H2N9O8+. The van der Waals surface area contributed by atoms with Crippen LogP contribution < -0.4 is 14.4 Å². The van der Waals surface area contributed by atoms with E-state index in [0.29, 0.717) is 0 Å². The number of Topliss-reactive ketones (excluding diaryl/α,β-unsaturated/α-hetero) is 2. The van der Waals surface area contributed by atoms with Crippen LogP contribution >= 0.6 is 0 Å². The Kier molecular flexibility index (Phi) is 2.33. The summed E-state index contributed by atoms with van der Waals surface area (Å²) in [5, 5.41) is 48.8. The Morgan fingerprint density at radius 3 is 2.69 bits per heavy atom. The first-order valence-electron chi connectivity index (χ1n) is 7.61. The van der Waals surface area contributed by atoms with Gasteiger partial charge in [-0.05, 0) is 19.5 Å². The van der Waals surface area contributed by atoms with Crippen molar-refractivity contribution in [2.24, 2.45) is 0 Å². The predicted molar refractivity (Wildman–Crippen MR) is 79.0 cm³/mol. The normalized spacial score (nSPS) is 13.5. The molecule has 0 aliphatic heterocycles. The molecule has 0 amide bonds. The number of hydrogen-bond acceptors (Lipinski definition) is 11. The van der Waals surface area contributed by atoms with Gasteiger partial charge in [0, 0.05) is 4.63 Å². The van der Waals surface area contributed by atoms with E-state index in [1.807, 2.05) is 0 Å². The molecule has 5 aromatic rings. The van der Waals surface area contributed by atoms with Gasteiger partial charge in [-0.25, -0.2) is 0 Å². The Hall–Kier alpha value is -4.96. The summed E-state index contributed by atoms with van der Waals surface area (Å²) in [6.07, 6.45) is 0. The summed E-state index contributed by atoms with van der Waals surface area (Å²) < 4.78 is 10.7. The quantitative estimate of drug-likeness (QED) is 0.104. The zero-order valence-electron chi connectivity index (χ0n) is 13.4. The molecule has 0 saturated carbocycles. The van der Waals surface area contributed by atoms with Crippen LogP contribution in [0.1, 0.15) is 21.0 Å². The van der Waals surface area contributed by atoms with E-state index >= 15 is 0 Å². The maximum absolute atomic E-state index is 12.5. The lowest BCUT2D eigenvalue weighted by Crippen LogP contribution is -2.40. The second-order valence-electron chi connectivity index (χ2n) is 5.96. The number of benzene rings is 1. The van der Waals surface area contributed by atoms with E-state index in [1.165, 1.54) is 0 Å². The standard InChI is InChI=1S/C12HN9O8/c22-11-7-9(21(27)29-16-7)6-10(12(11)23)18-13-4-2(17(18)14-6)1-3(19(24)25)5-8(4)20(26)28-15-5/h1H/p+1. The third-order valence-corrected chi connectivity index (χ3v) is 4.53. The van der Waals surface area contributed by atoms with E-state index in [2.05, 4.69) is 29.8 Å². The van der Waals surface area contributed by atoms with E-state index in [-0.39, 0.29) is 37.6 Å². The number of hydrogen-bond donors (Lipinski definition) is 1. The molecule has 1 aliphatic rings. The van der Waals surface area contributed by atoms with Crippen molar-refractivity contribution in [1.82, 2.24) is 25.1 Å². The largest absolute Gasteiger partial charge is 0.359 e. The molecule has 1 aromatic carbocycles. The molecule has 4 aromatic heterocycles. The van der Waals surface area contributed by atoms with Crippen LogP contribution in [0.25, 0.3) is 33.5 Å². The minimum atomic E-state index is -1.12. The van der Waals surface area contributed by atoms with Crippen LogP contribution in [0.3, 0.4) is 0 Å². The van der Waals surface area contributed by atoms with Gasteiger partial charge >= 0.3 is 17.1 Å². The SMILES string of the molecule is O=C1C(=O)c2c(nn3c4cc([N+](=O)[O-])c5[nH]o[n+]([O-])c5c4n[n+]23)-c2c1no[n+]2[O-]. The maximum Gasteiger partial charge on any atom is 0.324 e. The second kappa shape index (κ2) is 4.47. The molecule has 6 rings (SSSR count). The molecule has 4 heterocycles. The number of nitro groups is 1. The number of nitrogens with zero attached hydrogens (tertiary/aromatic N) is 8. The van der Waals surface area contributed by atoms with Crippen molar-refractivity contribution in [1.29, 1.82) is 0 Å². The van der Waals surface area contributed by atoms with Crippen molar-refractivity contribution in [3.63, 3.8) is 0 Å². The molecule has 0 unspecified atom stereocenters. The van der Waals surface area contributed by atoms with Gasteiger partial charge in [-0.1, -0.05) is 0 Å². The van der Waals surface area contributed by atoms with Crippen LogP contribution in [0.2, 0.25) is 0 Å². The topological polar surface area (TPSA) is 220 Å². The van der Waals surface area contributed by atoms with E-state index < -0.39 is 39.3 Å². The van der Waals surface area contributed by atoms with Gasteiger partial charge < -0.3 is 15.0 Å². The van der Waals surface area contributed by atoms with Crippen molar-refractivity contribution in [3.8, 4) is 11.4 Å². The van der Waals surface area contributed by atoms with Crippen LogP contribution in [0.15, 0.2) is 15.3 Å². The van der Waals surface area contributed by atoms with Gasteiger partial charge in [-0.2, -0.15) is 5.16 Å². The van der Waals surface area contributed by atoms with Crippen molar-refractivity contribution < 1.29 is 38.2 Å². The Balaban J connectivity index is 1.83. The lowest BCUT2D eigenvalue weighted by atomic mass is 9.99. The third-order valence-electron chi connectivity index (χ3n) is 4.53. The fourth-order valence-corrected chi connectivity index (χ4v) is 3.32. The number of aromatic nitrogens is 8. The fraction of sp³-hybridized carbons (Fsp3) is 0. The molecule has 0 radical (unpaired) electrons. The number of nitro benzene ring substituents is 1. The van der Waals surface area contributed by atoms with E-state index in [0.717, 1.165) is 15.3 Å². The van der Waals surface area contributed by atoms with Crippen molar-refractivity contribution in [2.45, 2.75) is 0 Å². The number of H-pyrrole nitrogens is 1. The molecule has 0 atom stereocenters. The molecule has 0 spiro atoms. The second-order valence-corrected chi connectivity index (χ2v) is 5.96. The highest BCUT2D eigenvalue weighted by Gasteiger charge is 2.51. The minimum absolute atomic E-state index is 0.0270. The zero-order valence-corrected chi connectivity index (χ0v) is 13.4. The van der Waals surface area contributed by atoms with Gasteiger partial charge in [0.15, 0.2) is 11.0 Å². The van der Waals surface area contributed by atoms with Crippen molar-refractivity contribution in [2.75, 3.05) is 0 Å². The number of non-ortho nitro benzene ring substituents is 1. The molecule has 142 valence electrons. The highest BCUT2D eigenvalue weighted by atomic mass is 16.8. The predicted octanol–water partition coefficient (Wildman–Crippen LogP) is -2.25. The number of aromatic amines is 1. The molecule has 0 bridgehead atoms. The highest BCUT2D eigenvalue weighted by molar-refractivity contribution is 6.51. The van der Waals surface area contributed by atoms with Gasteiger partial charge in [0.05, 0.1) is 21.2 Å². The fourth-order valence-electron chi connectivity index (χ4n) is 3.32. The molecule has 1 aliphatic carbocycles. The van der Waals surface area contributed by atoms with Crippen LogP contribution in [0.4, 0.5) is 5.69 Å². The Morgan fingerprint density at radius 2 is 1.93 bits per heavy atom. The summed E-state index contributed by atoms with van der Waals surface area (Å²) in [6.45, 7) is 0. The van der Waals surface area contributed by atoms with Crippen LogP contribution in [-0.4, -0.2) is 41.6 Å². The number of fused-ring (bicyclic) bond motifs is 9. The summed E-state index contributed by atoms with van der Waals surface area (Å²) in [5.74, 6) is -2.20. The molecule has 17 heteroatoms. The van der Waals surface area contributed by atoms with E-state index in [4.69, 9.17) is 0 Å². The third kappa shape index (κ3) is 1.55. The first kappa shape index (κ1) is 15.1. The van der Waals surface area contributed by atoms with Gasteiger partial charge in [0.1, 0.15) is 0 Å². The Morgan fingerprint density at radius 1 is 1.14 bits per heavy atom.